The number of hydrogen-bond acceptors (Lipinski definition) is 3. The lowest BCUT2D eigenvalue weighted by atomic mass is 10.0. The van der Waals surface area contributed by atoms with Crippen molar-refractivity contribution in [3.63, 3.8) is 0 Å². The molecule has 128 valence electrons. The molecule has 0 heterocycles. The Labute approximate surface area is 142 Å². The van der Waals surface area contributed by atoms with Crippen molar-refractivity contribution in [2.75, 3.05) is 20.4 Å². The Balaban J connectivity index is 0.000000413. The molecule has 24 heavy (non-hydrogen) atoms. The van der Waals surface area contributed by atoms with E-state index in [1.807, 2.05) is 24.3 Å². The van der Waals surface area contributed by atoms with Gasteiger partial charge in [-0.05, 0) is 41.7 Å². The molecule has 0 spiro atoms. The third-order valence-electron chi connectivity index (χ3n) is 3.35. The lowest BCUT2D eigenvalue weighted by Gasteiger charge is -2.05. The first-order chi connectivity index (χ1) is 11.6. The second kappa shape index (κ2) is 11.1. The summed E-state index contributed by atoms with van der Waals surface area (Å²) in [6, 6.07) is 16.3. The van der Waals surface area contributed by atoms with Gasteiger partial charge < -0.3 is 9.84 Å². The first-order valence-electron chi connectivity index (χ1n) is 7.67. The maximum atomic E-state index is 12.1. The van der Waals surface area contributed by atoms with E-state index in [4.69, 9.17) is 9.84 Å². The summed E-state index contributed by atoms with van der Waals surface area (Å²) in [4.78, 5) is 9.48. The predicted octanol–water partition coefficient (Wildman–Crippen LogP) is 4.00. The van der Waals surface area contributed by atoms with E-state index in [1.54, 1.807) is 7.11 Å². The van der Waals surface area contributed by atoms with Crippen LogP contribution < -0.4 is 4.74 Å². The Morgan fingerprint density at radius 2 is 1.67 bits per heavy atom. The van der Waals surface area contributed by atoms with E-state index in [0.717, 1.165) is 17.7 Å². The van der Waals surface area contributed by atoms with Gasteiger partial charge in [-0.2, -0.15) is 0 Å². The fourth-order valence-corrected chi connectivity index (χ4v) is 1.96. The van der Waals surface area contributed by atoms with Gasteiger partial charge in [0.25, 0.3) is 0 Å². The average Bonchev–Trinajstić information content (AvgIpc) is 2.66. The van der Waals surface area contributed by atoms with Gasteiger partial charge in [-0.15, -0.1) is 0 Å². The van der Waals surface area contributed by atoms with Crippen molar-refractivity contribution in [2.45, 2.75) is 12.8 Å². The lowest BCUT2D eigenvalue weighted by Crippen LogP contribution is -1.87. The van der Waals surface area contributed by atoms with Gasteiger partial charge in [-0.1, -0.05) is 43.0 Å². The van der Waals surface area contributed by atoms with E-state index in [9.17, 15) is 9.18 Å². The minimum Gasteiger partial charge on any atom is -0.497 e. The highest BCUT2D eigenvalue weighted by molar-refractivity contribution is 5.72. The molecular weight excluding hydrogens is 307 g/mol. The summed E-state index contributed by atoms with van der Waals surface area (Å²) < 4.78 is 17.2. The van der Waals surface area contributed by atoms with E-state index in [-0.39, 0.29) is 18.9 Å². The van der Waals surface area contributed by atoms with Crippen molar-refractivity contribution in [3.05, 3.63) is 66.2 Å². The molecule has 0 bridgehead atoms. The molecule has 1 N–H and O–H groups in total. The molecule has 2 aromatic rings. The summed E-state index contributed by atoms with van der Waals surface area (Å²) in [6.45, 7) is 2.69. The second-order valence-corrected chi connectivity index (χ2v) is 5.15. The van der Waals surface area contributed by atoms with Crippen LogP contribution in [0.25, 0.3) is 11.1 Å². The fourth-order valence-electron chi connectivity index (χ4n) is 1.96. The number of aryl methyl sites for hydroxylation is 1. The van der Waals surface area contributed by atoms with E-state index in [0.29, 0.717) is 12.7 Å². The van der Waals surface area contributed by atoms with Gasteiger partial charge in [0.2, 0.25) is 0 Å². The molecular formula is C20H23FO3. The van der Waals surface area contributed by atoms with Gasteiger partial charge in [0.1, 0.15) is 12.0 Å². The summed E-state index contributed by atoms with van der Waals surface area (Å²) >= 11 is 0. The van der Waals surface area contributed by atoms with Gasteiger partial charge >= 0.3 is 0 Å². The monoisotopic (exact) mass is 330 g/mol. The van der Waals surface area contributed by atoms with Crippen LogP contribution in [0.5, 0.6) is 5.75 Å². The Kier molecular flexibility index (Phi) is 9.09. The summed E-state index contributed by atoms with van der Waals surface area (Å²) in [5.41, 5.74) is 3.73. The summed E-state index contributed by atoms with van der Waals surface area (Å²) in [6.07, 6.45) is 1.93. The Morgan fingerprint density at radius 1 is 1.12 bits per heavy atom. The molecule has 2 rings (SSSR count). The molecule has 0 radical (unpaired) electrons. The molecule has 0 aliphatic carbocycles. The normalized spacial score (nSPS) is 9.62. The molecule has 0 saturated carbocycles. The Hall–Kier alpha value is -2.46. The molecule has 0 aliphatic heterocycles. The third kappa shape index (κ3) is 6.75. The topological polar surface area (TPSA) is 46.5 Å². The smallest absolute Gasteiger partial charge is 0.147 e. The zero-order chi connectivity index (χ0) is 17.8. The Bertz CT molecular complexity index is 618. The van der Waals surface area contributed by atoms with Gasteiger partial charge in [0.15, 0.2) is 0 Å². The van der Waals surface area contributed by atoms with Gasteiger partial charge in [-0.3, -0.25) is 9.18 Å². The third-order valence-corrected chi connectivity index (χ3v) is 3.35. The van der Waals surface area contributed by atoms with Crippen molar-refractivity contribution >= 4 is 6.29 Å². The minimum absolute atomic E-state index is 0.218. The number of aliphatic hydroxyl groups is 1. The van der Waals surface area contributed by atoms with Crippen LogP contribution in [0.15, 0.2) is 60.7 Å². The number of alkyl halides is 1. The van der Waals surface area contributed by atoms with Crippen LogP contribution in [0.3, 0.4) is 0 Å². The van der Waals surface area contributed by atoms with Crippen LogP contribution in [-0.2, 0) is 11.2 Å². The van der Waals surface area contributed by atoms with Gasteiger partial charge in [-0.25, -0.2) is 0 Å². The first-order valence-corrected chi connectivity index (χ1v) is 7.67. The molecule has 0 fully saturated rings. The summed E-state index contributed by atoms with van der Waals surface area (Å²) in [5, 5.41) is 8.00. The highest BCUT2D eigenvalue weighted by atomic mass is 19.1. The van der Waals surface area contributed by atoms with Crippen LogP contribution in [0.1, 0.15) is 12.0 Å². The van der Waals surface area contributed by atoms with Crippen LogP contribution in [0, 0.1) is 0 Å². The molecule has 0 atom stereocenters. The molecule has 4 heteroatoms. The number of carbonyl (C=O) groups is 1. The van der Waals surface area contributed by atoms with E-state index < -0.39 is 0 Å². The number of ether oxygens (including phenoxy) is 1. The SMILES string of the molecule is C=C(C=O)CO.COc1ccc(-c2ccc(CCCF)cc2)cc1. The maximum absolute atomic E-state index is 12.1. The number of halogens is 1. The molecule has 2 aromatic carbocycles. The summed E-state index contributed by atoms with van der Waals surface area (Å²) in [5.74, 6) is 0.860. The average molecular weight is 330 g/mol. The number of aldehydes is 1. The number of carbonyl (C=O) groups excluding carboxylic acids is 1. The largest absolute Gasteiger partial charge is 0.497 e. The summed E-state index contributed by atoms with van der Waals surface area (Å²) in [7, 11) is 1.66. The molecule has 0 unspecified atom stereocenters. The quantitative estimate of drug-likeness (QED) is 0.616. The lowest BCUT2D eigenvalue weighted by molar-refractivity contribution is -0.105. The zero-order valence-electron chi connectivity index (χ0n) is 13.9. The van der Waals surface area contributed by atoms with Gasteiger partial charge in [0.05, 0.1) is 20.4 Å². The van der Waals surface area contributed by atoms with Crippen LogP contribution in [-0.4, -0.2) is 31.8 Å². The van der Waals surface area contributed by atoms with Crippen molar-refractivity contribution in [1.82, 2.24) is 0 Å². The molecule has 0 saturated heterocycles. The molecule has 3 nitrogen and oxygen atoms in total. The second-order valence-electron chi connectivity index (χ2n) is 5.15. The van der Waals surface area contributed by atoms with Crippen molar-refractivity contribution in [2.24, 2.45) is 0 Å². The molecule has 0 amide bonds. The number of aliphatic hydroxyl groups excluding tert-OH is 1. The van der Waals surface area contributed by atoms with E-state index >= 15 is 0 Å². The first kappa shape index (κ1) is 19.6. The van der Waals surface area contributed by atoms with Crippen molar-refractivity contribution in [3.8, 4) is 16.9 Å². The van der Waals surface area contributed by atoms with Crippen LogP contribution >= 0.6 is 0 Å². The van der Waals surface area contributed by atoms with Crippen molar-refractivity contribution < 1.29 is 19.0 Å². The minimum atomic E-state index is -0.250. The van der Waals surface area contributed by atoms with Crippen LogP contribution in [0.2, 0.25) is 0 Å². The standard InChI is InChI=1S/C16H17FO.C4H6O2/c1-18-16-10-8-15(9-11-16)14-6-4-13(5-7-14)3-2-12-17;1-4(2-5)3-6/h4-11H,2-3,12H2,1H3;2,6H,1,3H2. The predicted molar refractivity (Wildman–Crippen MR) is 95.0 cm³/mol. The number of hydrogen-bond donors (Lipinski definition) is 1. The van der Waals surface area contributed by atoms with Gasteiger partial charge in [0, 0.05) is 5.57 Å². The van der Waals surface area contributed by atoms with E-state index in [1.165, 1.54) is 11.1 Å². The molecule has 0 aromatic heterocycles. The zero-order valence-corrected chi connectivity index (χ0v) is 13.9. The van der Waals surface area contributed by atoms with Crippen molar-refractivity contribution in [1.29, 1.82) is 0 Å². The number of rotatable bonds is 7. The fraction of sp³-hybridized carbons (Fsp3) is 0.250. The maximum Gasteiger partial charge on any atom is 0.147 e. The Morgan fingerprint density at radius 3 is 2.04 bits per heavy atom. The highest BCUT2D eigenvalue weighted by Crippen LogP contribution is 2.22. The van der Waals surface area contributed by atoms with Crippen LogP contribution in [0.4, 0.5) is 4.39 Å². The highest BCUT2D eigenvalue weighted by Gasteiger charge is 1.99. The number of methoxy groups -OCH3 is 1. The molecule has 0 aliphatic rings. The number of benzene rings is 2. The van der Waals surface area contributed by atoms with E-state index in [2.05, 4.69) is 30.8 Å².